The van der Waals surface area contributed by atoms with Crippen molar-refractivity contribution in [1.29, 1.82) is 0 Å². The van der Waals surface area contributed by atoms with E-state index in [1.165, 1.54) is 25.7 Å². The van der Waals surface area contributed by atoms with Crippen LogP contribution in [-0.4, -0.2) is 23.2 Å². The summed E-state index contributed by atoms with van der Waals surface area (Å²) in [6.45, 7) is 2.29. The number of nitrogens with one attached hydrogen (secondary N) is 1. The lowest BCUT2D eigenvalue weighted by Gasteiger charge is -2.21. The molecule has 1 aromatic heterocycles. The fourth-order valence-corrected chi connectivity index (χ4v) is 3.29. The molecule has 21 heavy (non-hydrogen) atoms. The van der Waals surface area contributed by atoms with Gasteiger partial charge in [0.25, 0.3) is 0 Å². The maximum atomic E-state index is 6.34. The Morgan fingerprint density at radius 2 is 1.86 bits per heavy atom. The van der Waals surface area contributed by atoms with Crippen LogP contribution in [0, 0.1) is 5.92 Å². The number of hydrogen-bond acceptors (Lipinski definition) is 5. The fraction of sp³-hybridized carbons (Fsp3) is 0.857. The first kappa shape index (κ1) is 18.7. The molecule has 0 unspecified atom stereocenters. The van der Waals surface area contributed by atoms with Gasteiger partial charge in [-0.1, -0.05) is 18.0 Å². The molecule has 1 aliphatic carbocycles. The minimum absolute atomic E-state index is 0. The Morgan fingerprint density at radius 3 is 2.52 bits per heavy atom. The molecule has 1 aliphatic heterocycles. The van der Waals surface area contributed by atoms with Gasteiger partial charge in [-0.05, 0) is 51.1 Å². The highest BCUT2D eigenvalue weighted by Crippen LogP contribution is 2.34. The maximum absolute atomic E-state index is 6.34. The molecule has 1 saturated heterocycles. The van der Waals surface area contributed by atoms with E-state index in [0.717, 1.165) is 56.4 Å². The Morgan fingerprint density at radius 1 is 1.19 bits per heavy atom. The van der Waals surface area contributed by atoms with Gasteiger partial charge in [-0.25, -0.2) is 0 Å². The molecule has 0 atom stereocenters. The molecule has 3 N–H and O–H groups in total. The molecule has 1 saturated carbocycles. The van der Waals surface area contributed by atoms with Crippen LogP contribution in [0.3, 0.4) is 0 Å². The zero-order chi connectivity index (χ0) is 13.1. The van der Waals surface area contributed by atoms with Gasteiger partial charge in [0.05, 0.1) is 5.54 Å². The fourth-order valence-electron chi connectivity index (χ4n) is 3.29. The average molecular weight is 337 g/mol. The number of rotatable bonds is 4. The molecule has 3 rings (SSSR count). The van der Waals surface area contributed by atoms with Gasteiger partial charge in [0.1, 0.15) is 0 Å². The van der Waals surface area contributed by atoms with Gasteiger partial charge in [-0.15, -0.1) is 24.8 Å². The van der Waals surface area contributed by atoms with Crippen molar-refractivity contribution in [3.8, 4) is 0 Å². The van der Waals surface area contributed by atoms with E-state index >= 15 is 0 Å². The van der Waals surface area contributed by atoms with Crippen LogP contribution < -0.4 is 11.1 Å². The third kappa shape index (κ3) is 4.55. The number of aryl methyl sites for hydroxylation is 1. The van der Waals surface area contributed by atoms with Crippen molar-refractivity contribution >= 4 is 24.8 Å². The summed E-state index contributed by atoms with van der Waals surface area (Å²) in [4.78, 5) is 4.53. The van der Waals surface area contributed by atoms with Crippen LogP contribution in [0.25, 0.3) is 0 Å². The van der Waals surface area contributed by atoms with E-state index in [1.807, 2.05) is 0 Å². The summed E-state index contributed by atoms with van der Waals surface area (Å²) in [6, 6.07) is 0. The first-order chi connectivity index (χ1) is 9.26. The highest BCUT2D eigenvalue weighted by Gasteiger charge is 2.35. The van der Waals surface area contributed by atoms with Gasteiger partial charge in [0.2, 0.25) is 5.89 Å². The van der Waals surface area contributed by atoms with Crippen molar-refractivity contribution < 1.29 is 4.52 Å². The van der Waals surface area contributed by atoms with Gasteiger partial charge in [0.15, 0.2) is 5.82 Å². The number of nitrogens with zero attached hydrogens (tertiary/aromatic N) is 2. The van der Waals surface area contributed by atoms with Crippen LogP contribution in [0.1, 0.15) is 56.7 Å². The van der Waals surface area contributed by atoms with E-state index in [-0.39, 0.29) is 30.4 Å². The standard InChI is InChI=1S/C14H24N4O.2ClH/c15-14(7-1-2-8-14)13-17-12(19-18-13)4-3-11-5-9-16-10-6-11;;/h11,16H,1-10,15H2;2*1H. The largest absolute Gasteiger partial charge is 0.339 e. The van der Waals surface area contributed by atoms with E-state index in [9.17, 15) is 0 Å². The molecular weight excluding hydrogens is 311 g/mol. The van der Waals surface area contributed by atoms with Gasteiger partial charge < -0.3 is 15.6 Å². The van der Waals surface area contributed by atoms with Gasteiger partial charge >= 0.3 is 0 Å². The quantitative estimate of drug-likeness (QED) is 0.883. The van der Waals surface area contributed by atoms with Crippen molar-refractivity contribution in [1.82, 2.24) is 15.5 Å². The minimum Gasteiger partial charge on any atom is -0.339 e. The molecule has 5 nitrogen and oxygen atoms in total. The number of nitrogens with two attached hydrogens (primary N) is 1. The minimum atomic E-state index is -0.323. The lowest BCUT2D eigenvalue weighted by Crippen LogP contribution is -2.34. The molecule has 0 aromatic carbocycles. The number of halogens is 2. The molecular formula is C14H26Cl2N4O. The molecule has 2 fully saturated rings. The van der Waals surface area contributed by atoms with Crippen molar-refractivity contribution in [3.63, 3.8) is 0 Å². The smallest absolute Gasteiger partial charge is 0.226 e. The monoisotopic (exact) mass is 336 g/mol. The summed E-state index contributed by atoms with van der Waals surface area (Å²) in [5.41, 5.74) is 6.02. The maximum Gasteiger partial charge on any atom is 0.226 e. The first-order valence-electron chi connectivity index (χ1n) is 7.59. The second-order valence-electron chi connectivity index (χ2n) is 6.11. The predicted molar refractivity (Wildman–Crippen MR) is 87.0 cm³/mol. The van der Waals surface area contributed by atoms with Crippen LogP contribution in [0.5, 0.6) is 0 Å². The SMILES string of the molecule is Cl.Cl.NC1(c2noc(CCC3CCNCC3)n2)CCCC1. The number of hydrogen-bond donors (Lipinski definition) is 2. The Balaban J connectivity index is 0.00000110. The predicted octanol–water partition coefficient (Wildman–Crippen LogP) is 2.57. The molecule has 0 radical (unpaired) electrons. The number of piperidine rings is 1. The zero-order valence-corrected chi connectivity index (χ0v) is 14.0. The summed E-state index contributed by atoms with van der Waals surface area (Å²) >= 11 is 0. The van der Waals surface area contributed by atoms with Crippen LogP contribution in [0.2, 0.25) is 0 Å². The van der Waals surface area contributed by atoms with Crippen LogP contribution in [-0.2, 0) is 12.0 Å². The van der Waals surface area contributed by atoms with Crippen LogP contribution in [0.4, 0.5) is 0 Å². The molecule has 0 spiro atoms. The van der Waals surface area contributed by atoms with E-state index < -0.39 is 0 Å². The summed E-state index contributed by atoms with van der Waals surface area (Å²) in [6.07, 6.45) is 8.91. The van der Waals surface area contributed by atoms with Crippen molar-refractivity contribution in [2.75, 3.05) is 13.1 Å². The van der Waals surface area contributed by atoms with Crippen molar-refractivity contribution in [2.45, 2.75) is 56.9 Å². The highest BCUT2D eigenvalue weighted by atomic mass is 35.5. The Hall–Kier alpha value is -0.360. The summed E-state index contributed by atoms with van der Waals surface area (Å²) < 4.78 is 5.38. The Kier molecular flexibility index (Phi) is 7.40. The molecule has 0 bridgehead atoms. The summed E-state index contributed by atoms with van der Waals surface area (Å²) in [5.74, 6) is 2.30. The Labute approximate surface area is 138 Å². The van der Waals surface area contributed by atoms with E-state index in [1.54, 1.807) is 0 Å². The topological polar surface area (TPSA) is 77.0 Å². The third-order valence-electron chi connectivity index (χ3n) is 4.63. The molecule has 7 heteroatoms. The zero-order valence-electron chi connectivity index (χ0n) is 12.3. The highest BCUT2D eigenvalue weighted by molar-refractivity contribution is 5.85. The molecule has 2 heterocycles. The second kappa shape index (κ2) is 8.32. The van der Waals surface area contributed by atoms with Crippen molar-refractivity contribution in [3.05, 3.63) is 11.7 Å². The average Bonchev–Trinajstić information content (AvgIpc) is 3.07. The molecule has 1 aromatic rings. The van der Waals surface area contributed by atoms with Gasteiger partial charge in [-0.3, -0.25) is 0 Å². The van der Waals surface area contributed by atoms with Gasteiger partial charge in [-0.2, -0.15) is 4.98 Å². The van der Waals surface area contributed by atoms with E-state index in [0.29, 0.717) is 0 Å². The molecule has 2 aliphatic rings. The summed E-state index contributed by atoms with van der Waals surface area (Å²) in [7, 11) is 0. The third-order valence-corrected chi connectivity index (χ3v) is 4.63. The summed E-state index contributed by atoms with van der Waals surface area (Å²) in [5, 5.41) is 7.50. The Bertz CT molecular complexity index is 415. The second-order valence-corrected chi connectivity index (χ2v) is 6.11. The first-order valence-corrected chi connectivity index (χ1v) is 7.59. The van der Waals surface area contributed by atoms with Gasteiger partial charge in [0, 0.05) is 6.42 Å². The van der Waals surface area contributed by atoms with E-state index in [4.69, 9.17) is 10.3 Å². The lowest BCUT2D eigenvalue weighted by molar-refractivity contribution is 0.318. The molecule has 0 amide bonds. The van der Waals surface area contributed by atoms with Crippen molar-refractivity contribution in [2.24, 2.45) is 11.7 Å². The normalized spacial score (nSPS) is 21.6. The van der Waals surface area contributed by atoms with Crippen LogP contribution in [0.15, 0.2) is 4.52 Å². The lowest BCUT2D eigenvalue weighted by atomic mass is 9.93. The van der Waals surface area contributed by atoms with E-state index in [2.05, 4.69) is 15.5 Å². The van der Waals surface area contributed by atoms with Crippen LogP contribution >= 0.6 is 24.8 Å². The molecule has 122 valence electrons. The number of aromatic nitrogens is 2.